The van der Waals surface area contributed by atoms with E-state index in [-0.39, 0.29) is 17.2 Å². The molecule has 10 nitrogen and oxygen atoms in total. The summed E-state index contributed by atoms with van der Waals surface area (Å²) in [6.45, 7) is 0. The van der Waals surface area contributed by atoms with E-state index in [0.29, 0.717) is 39.6 Å². The van der Waals surface area contributed by atoms with Gasteiger partial charge < -0.3 is 19.2 Å². The second kappa shape index (κ2) is 8.33. The van der Waals surface area contributed by atoms with Gasteiger partial charge in [-0.3, -0.25) is 14.7 Å². The number of rotatable bonds is 7. The predicted octanol–water partition coefficient (Wildman–Crippen LogP) is 2.43. The lowest BCUT2D eigenvalue weighted by Crippen LogP contribution is -2.15. The first-order valence-corrected chi connectivity index (χ1v) is 9.73. The zero-order valence-corrected chi connectivity index (χ0v) is 16.9. The molecular formula is C19H17N5O5S. The van der Waals surface area contributed by atoms with Crippen molar-refractivity contribution in [3.05, 3.63) is 53.0 Å². The van der Waals surface area contributed by atoms with Crippen molar-refractivity contribution >= 4 is 29.0 Å². The van der Waals surface area contributed by atoms with Gasteiger partial charge in [-0.25, -0.2) is 9.50 Å². The normalized spacial score (nSPS) is 10.9. The first kappa shape index (κ1) is 19.6. The zero-order valence-electron chi connectivity index (χ0n) is 16.0. The summed E-state index contributed by atoms with van der Waals surface area (Å²) in [6, 6.07) is 9.86. The van der Waals surface area contributed by atoms with Gasteiger partial charge in [-0.05, 0) is 12.1 Å². The molecule has 3 aromatic heterocycles. The summed E-state index contributed by atoms with van der Waals surface area (Å²) in [5.74, 6) is 1.67. The van der Waals surface area contributed by atoms with Crippen LogP contribution in [0.15, 0.2) is 57.0 Å². The fourth-order valence-corrected chi connectivity index (χ4v) is 3.45. The first-order chi connectivity index (χ1) is 14.6. The number of methoxy groups -OCH3 is 2. The van der Waals surface area contributed by atoms with Gasteiger partial charge in [0.25, 0.3) is 5.56 Å². The number of nitrogens with zero attached hydrogens (tertiary/aromatic N) is 3. The van der Waals surface area contributed by atoms with E-state index in [1.165, 1.54) is 31.1 Å². The molecule has 0 saturated heterocycles. The van der Waals surface area contributed by atoms with E-state index < -0.39 is 0 Å². The summed E-state index contributed by atoms with van der Waals surface area (Å²) in [5.41, 5.74) is 0.591. The van der Waals surface area contributed by atoms with Crippen LogP contribution >= 0.6 is 11.8 Å². The number of H-pyrrole nitrogens is 1. The Morgan fingerprint density at radius 3 is 2.63 bits per heavy atom. The van der Waals surface area contributed by atoms with Gasteiger partial charge in [0.15, 0.2) is 22.4 Å². The largest absolute Gasteiger partial charge is 0.497 e. The molecule has 0 aliphatic rings. The van der Waals surface area contributed by atoms with Gasteiger partial charge in [-0.1, -0.05) is 11.8 Å². The maximum atomic E-state index is 12.5. The Balaban J connectivity index is 1.55. The zero-order chi connectivity index (χ0) is 21.1. The molecule has 0 atom stereocenters. The molecule has 0 fully saturated rings. The number of thioether (sulfide) groups is 1. The highest BCUT2D eigenvalue weighted by Crippen LogP contribution is 2.26. The lowest BCUT2D eigenvalue weighted by molar-refractivity contribution is -0.113. The van der Waals surface area contributed by atoms with Crippen LogP contribution in [0.3, 0.4) is 0 Å². The van der Waals surface area contributed by atoms with E-state index in [4.69, 9.17) is 13.9 Å². The molecule has 0 aliphatic heterocycles. The molecule has 3 heterocycles. The summed E-state index contributed by atoms with van der Waals surface area (Å²) in [7, 11) is 3.07. The van der Waals surface area contributed by atoms with E-state index in [9.17, 15) is 9.59 Å². The minimum atomic E-state index is -0.323. The SMILES string of the molecule is COc1cc(NC(=O)CSc2nc(-c3ccco3)nc3cc(=O)[nH]n23)cc(OC)c1. The third-order valence-corrected chi connectivity index (χ3v) is 4.97. The lowest BCUT2D eigenvalue weighted by atomic mass is 10.2. The lowest BCUT2D eigenvalue weighted by Gasteiger charge is -2.10. The number of benzene rings is 1. The molecule has 4 aromatic rings. The van der Waals surface area contributed by atoms with Gasteiger partial charge in [-0.15, -0.1) is 0 Å². The number of carbonyl (C=O) groups excluding carboxylic acids is 1. The predicted molar refractivity (Wildman–Crippen MR) is 110 cm³/mol. The molecule has 0 unspecified atom stereocenters. The second-order valence-electron chi connectivity index (χ2n) is 6.06. The highest BCUT2D eigenvalue weighted by atomic mass is 32.2. The first-order valence-electron chi connectivity index (χ1n) is 8.75. The molecule has 30 heavy (non-hydrogen) atoms. The molecule has 4 rings (SSSR count). The van der Waals surface area contributed by atoms with Gasteiger partial charge >= 0.3 is 0 Å². The summed E-state index contributed by atoms with van der Waals surface area (Å²) >= 11 is 1.15. The summed E-state index contributed by atoms with van der Waals surface area (Å²) < 4.78 is 17.2. The van der Waals surface area contributed by atoms with Crippen molar-refractivity contribution in [1.82, 2.24) is 19.6 Å². The number of hydrogen-bond donors (Lipinski definition) is 2. The fourth-order valence-electron chi connectivity index (χ4n) is 2.70. The minimum absolute atomic E-state index is 0.0451. The van der Waals surface area contributed by atoms with Crippen LogP contribution in [-0.2, 0) is 4.79 Å². The Morgan fingerprint density at radius 2 is 1.97 bits per heavy atom. The van der Waals surface area contributed by atoms with Crippen LogP contribution in [-0.4, -0.2) is 45.5 Å². The van der Waals surface area contributed by atoms with Crippen LogP contribution in [0.4, 0.5) is 5.69 Å². The molecule has 0 saturated carbocycles. The number of carbonyl (C=O) groups is 1. The highest BCUT2D eigenvalue weighted by Gasteiger charge is 2.15. The van der Waals surface area contributed by atoms with Crippen LogP contribution < -0.4 is 20.3 Å². The van der Waals surface area contributed by atoms with Crippen molar-refractivity contribution in [3.8, 4) is 23.1 Å². The Bertz CT molecular complexity index is 1230. The van der Waals surface area contributed by atoms with Crippen molar-refractivity contribution in [2.45, 2.75) is 5.16 Å². The molecule has 1 amide bonds. The van der Waals surface area contributed by atoms with Crippen molar-refractivity contribution in [2.24, 2.45) is 0 Å². The van der Waals surface area contributed by atoms with Crippen LogP contribution in [0.25, 0.3) is 17.2 Å². The Hall–Kier alpha value is -3.73. The van der Waals surface area contributed by atoms with Crippen LogP contribution in [0, 0.1) is 0 Å². The number of aromatic amines is 1. The maximum absolute atomic E-state index is 12.5. The van der Waals surface area contributed by atoms with Crippen LogP contribution in [0.1, 0.15) is 0 Å². The average molecular weight is 427 g/mol. The fraction of sp³-hybridized carbons (Fsp3) is 0.158. The minimum Gasteiger partial charge on any atom is -0.497 e. The Kier molecular flexibility index (Phi) is 5.44. The van der Waals surface area contributed by atoms with E-state index in [1.807, 2.05) is 0 Å². The van der Waals surface area contributed by atoms with Gasteiger partial charge in [0.05, 0.1) is 26.2 Å². The van der Waals surface area contributed by atoms with Crippen molar-refractivity contribution in [1.29, 1.82) is 0 Å². The van der Waals surface area contributed by atoms with Gasteiger partial charge in [0.2, 0.25) is 5.91 Å². The summed E-state index contributed by atoms with van der Waals surface area (Å²) in [4.78, 5) is 33.0. The standard InChI is InChI=1S/C19H17N5O5S/c1-27-12-6-11(7-13(8-12)28-2)20-17(26)10-30-19-22-18(14-4-3-5-29-14)21-15-9-16(25)23-24(15)19/h3-9H,10H2,1-2H3,(H,20,26)(H,23,25). The van der Waals surface area contributed by atoms with Crippen LogP contribution in [0.5, 0.6) is 11.5 Å². The maximum Gasteiger partial charge on any atom is 0.266 e. The van der Waals surface area contributed by atoms with E-state index in [0.717, 1.165) is 11.8 Å². The van der Waals surface area contributed by atoms with Crippen LogP contribution in [0.2, 0.25) is 0 Å². The van der Waals surface area contributed by atoms with Crippen molar-refractivity contribution in [2.75, 3.05) is 25.3 Å². The summed E-state index contributed by atoms with van der Waals surface area (Å²) in [5, 5.41) is 5.81. The Labute approximate surface area is 174 Å². The van der Waals surface area contributed by atoms with Gasteiger partial charge in [0, 0.05) is 30.0 Å². The number of hydrogen-bond acceptors (Lipinski definition) is 8. The number of aromatic nitrogens is 4. The number of amides is 1. The summed E-state index contributed by atoms with van der Waals surface area (Å²) in [6.07, 6.45) is 1.51. The highest BCUT2D eigenvalue weighted by molar-refractivity contribution is 7.99. The third kappa shape index (κ3) is 4.15. The molecule has 154 valence electrons. The van der Waals surface area contributed by atoms with Crippen molar-refractivity contribution < 1.29 is 18.7 Å². The van der Waals surface area contributed by atoms with E-state index in [2.05, 4.69) is 20.4 Å². The number of furan rings is 1. The molecular weight excluding hydrogens is 410 g/mol. The molecule has 0 bridgehead atoms. The van der Waals surface area contributed by atoms with Gasteiger partial charge in [0.1, 0.15) is 11.5 Å². The molecule has 0 spiro atoms. The number of fused-ring (bicyclic) bond motifs is 1. The third-order valence-electron chi connectivity index (χ3n) is 4.03. The molecule has 0 aliphatic carbocycles. The van der Waals surface area contributed by atoms with Crippen molar-refractivity contribution in [3.63, 3.8) is 0 Å². The monoisotopic (exact) mass is 427 g/mol. The number of ether oxygens (including phenoxy) is 2. The molecule has 1 aromatic carbocycles. The average Bonchev–Trinajstić information content (AvgIpc) is 3.40. The number of nitrogens with one attached hydrogen (secondary N) is 2. The molecule has 2 N–H and O–H groups in total. The van der Waals surface area contributed by atoms with E-state index in [1.54, 1.807) is 30.3 Å². The van der Waals surface area contributed by atoms with Gasteiger partial charge in [-0.2, -0.15) is 4.98 Å². The smallest absolute Gasteiger partial charge is 0.266 e. The molecule has 11 heteroatoms. The van der Waals surface area contributed by atoms with E-state index >= 15 is 0 Å². The Morgan fingerprint density at radius 1 is 1.20 bits per heavy atom. The molecule has 0 radical (unpaired) electrons. The quantitative estimate of drug-likeness (QED) is 0.431. The topological polar surface area (TPSA) is 124 Å². The number of anilines is 1. The second-order valence-corrected chi connectivity index (χ2v) is 7.00.